The molecule has 4 nitrogen and oxygen atoms in total. The average Bonchev–Trinajstić information content (AvgIpc) is 2.24. The van der Waals surface area contributed by atoms with Crippen molar-refractivity contribution in [1.82, 2.24) is 10.3 Å². The molecule has 1 aromatic heterocycles. The van der Waals surface area contributed by atoms with Crippen LogP contribution in [0.2, 0.25) is 0 Å². The number of pyridine rings is 1. The summed E-state index contributed by atoms with van der Waals surface area (Å²) in [6.07, 6.45) is -5.63. The summed E-state index contributed by atoms with van der Waals surface area (Å²) in [5, 5.41) is 10.4. The number of aromatic nitrogens is 1. The van der Waals surface area contributed by atoms with Crippen molar-refractivity contribution in [3.63, 3.8) is 0 Å². The minimum Gasteiger partial charge on any atom is -0.382 e. The average molecular weight is 252 g/mol. The van der Waals surface area contributed by atoms with E-state index < -0.39 is 36.1 Å². The number of hydrogen-bond acceptors (Lipinski definition) is 3. The maximum absolute atomic E-state index is 13.0. The molecule has 0 unspecified atom stereocenters. The monoisotopic (exact) mass is 252 g/mol. The van der Waals surface area contributed by atoms with E-state index in [4.69, 9.17) is 5.11 Å². The third kappa shape index (κ3) is 3.66. The lowest BCUT2D eigenvalue weighted by atomic mass is 10.2. The molecule has 1 atom stereocenters. The Bertz CT molecular complexity index is 408. The van der Waals surface area contributed by atoms with E-state index in [0.29, 0.717) is 0 Å². The Morgan fingerprint density at radius 2 is 2.18 bits per heavy atom. The van der Waals surface area contributed by atoms with Crippen molar-refractivity contribution in [2.24, 2.45) is 0 Å². The number of carbonyl (C=O) groups excluding carboxylic acids is 1. The van der Waals surface area contributed by atoms with E-state index in [-0.39, 0.29) is 0 Å². The van der Waals surface area contributed by atoms with Crippen LogP contribution in [-0.2, 0) is 0 Å². The fourth-order valence-electron chi connectivity index (χ4n) is 0.960. The SMILES string of the molecule is O=C(NC[C@H](O)C(F)(F)F)c1ccncc1F. The van der Waals surface area contributed by atoms with E-state index in [1.807, 2.05) is 0 Å². The maximum atomic E-state index is 13.0. The van der Waals surface area contributed by atoms with Crippen LogP contribution in [0.15, 0.2) is 18.5 Å². The second-order valence-corrected chi connectivity index (χ2v) is 3.12. The minimum absolute atomic E-state index is 0.436. The van der Waals surface area contributed by atoms with Crippen molar-refractivity contribution >= 4 is 5.91 Å². The van der Waals surface area contributed by atoms with Crippen LogP contribution in [-0.4, -0.2) is 34.8 Å². The predicted octanol–water partition coefficient (Wildman–Crippen LogP) is 0.874. The summed E-state index contributed by atoms with van der Waals surface area (Å²) >= 11 is 0. The highest BCUT2D eigenvalue weighted by Crippen LogP contribution is 2.19. The van der Waals surface area contributed by atoms with Gasteiger partial charge in [-0.2, -0.15) is 13.2 Å². The van der Waals surface area contributed by atoms with Gasteiger partial charge in [-0.3, -0.25) is 9.78 Å². The first-order valence-electron chi connectivity index (χ1n) is 4.45. The van der Waals surface area contributed by atoms with E-state index >= 15 is 0 Å². The van der Waals surface area contributed by atoms with Crippen LogP contribution in [0.3, 0.4) is 0 Å². The molecule has 0 radical (unpaired) electrons. The number of amides is 1. The number of halogens is 4. The Hall–Kier alpha value is -1.70. The summed E-state index contributed by atoms with van der Waals surface area (Å²) in [5.41, 5.74) is -0.436. The Kier molecular flexibility index (Phi) is 4.00. The highest BCUT2D eigenvalue weighted by Gasteiger charge is 2.38. The molecule has 1 heterocycles. The van der Waals surface area contributed by atoms with Crippen LogP contribution in [0.1, 0.15) is 10.4 Å². The molecule has 0 fully saturated rings. The standard InChI is InChI=1S/C9H8F4N2O2/c10-6-3-14-2-1-5(6)8(17)15-4-7(16)9(11,12)13/h1-3,7,16H,4H2,(H,15,17)/t7-/m0/s1. The molecule has 2 N–H and O–H groups in total. The molecule has 0 saturated heterocycles. The molecule has 1 rings (SSSR count). The van der Waals surface area contributed by atoms with Crippen molar-refractivity contribution in [1.29, 1.82) is 0 Å². The lowest BCUT2D eigenvalue weighted by Crippen LogP contribution is -2.40. The number of aliphatic hydroxyl groups is 1. The number of alkyl halides is 3. The molecule has 0 aliphatic rings. The van der Waals surface area contributed by atoms with Gasteiger partial charge in [0.05, 0.1) is 18.3 Å². The number of rotatable bonds is 3. The molecule has 0 aliphatic heterocycles. The lowest BCUT2D eigenvalue weighted by molar-refractivity contribution is -0.201. The van der Waals surface area contributed by atoms with Crippen LogP contribution in [0.25, 0.3) is 0 Å². The van der Waals surface area contributed by atoms with Crippen LogP contribution < -0.4 is 5.32 Å². The second kappa shape index (κ2) is 5.09. The molecular formula is C9H8F4N2O2. The normalized spacial score (nSPS) is 13.2. The van der Waals surface area contributed by atoms with Gasteiger partial charge in [-0.05, 0) is 6.07 Å². The largest absolute Gasteiger partial charge is 0.416 e. The summed E-state index contributed by atoms with van der Waals surface area (Å²) in [6.45, 7) is -1.04. The van der Waals surface area contributed by atoms with E-state index in [1.54, 1.807) is 5.32 Å². The van der Waals surface area contributed by atoms with Crippen molar-refractivity contribution in [2.75, 3.05) is 6.54 Å². The highest BCUT2D eigenvalue weighted by molar-refractivity contribution is 5.94. The Morgan fingerprint density at radius 3 is 2.71 bits per heavy atom. The summed E-state index contributed by atoms with van der Waals surface area (Å²) in [4.78, 5) is 14.6. The van der Waals surface area contributed by atoms with Gasteiger partial charge in [0, 0.05) is 6.20 Å². The summed E-state index contributed by atoms with van der Waals surface area (Å²) in [5.74, 6) is -2.00. The zero-order chi connectivity index (χ0) is 13.1. The molecule has 1 amide bonds. The molecular weight excluding hydrogens is 244 g/mol. The zero-order valence-corrected chi connectivity index (χ0v) is 8.33. The van der Waals surface area contributed by atoms with Crippen LogP contribution in [0.5, 0.6) is 0 Å². The summed E-state index contributed by atoms with van der Waals surface area (Å²) in [7, 11) is 0. The molecule has 17 heavy (non-hydrogen) atoms. The predicted molar refractivity (Wildman–Crippen MR) is 48.6 cm³/mol. The third-order valence-electron chi connectivity index (χ3n) is 1.85. The van der Waals surface area contributed by atoms with Gasteiger partial charge in [0.25, 0.3) is 5.91 Å². The summed E-state index contributed by atoms with van der Waals surface area (Å²) < 4.78 is 48.7. The third-order valence-corrected chi connectivity index (χ3v) is 1.85. The second-order valence-electron chi connectivity index (χ2n) is 3.12. The molecule has 94 valence electrons. The van der Waals surface area contributed by atoms with E-state index in [1.165, 1.54) is 0 Å². The Labute approximate surface area is 93.3 Å². The molecule has 0 spiro atoms. The van der Waals surface area contributed by atoms with Gasteiger partial charge in [-0.15, -0.1) is 0 Å². The van der Waals surface area contributed by atoms with Gasteiger partial charge >= 0.3 is 6.18 Å². The van der Waals surface area contributed by atoms with Crippen LogP contribution >= 0.6 is 0 Å². The van der Waals surface area contributed by atoms with E-state index in [9.17, 15) is 22.4 Å². The van der Waals surface area contributed by atoms with Crippen molar-refractivity contribution in [2.45, 2.75) is 12.3 Å². The van der Waals surface area contributed by atoms with Crippen molar-refractivity contribution in [3.8, 4) is 0 Å². The van der Waals surface area contributed by atoms with Gasteiger partial charge < -0.3 is 10.4 Å². The number of nitrogens with zero attached hydrogens (tertiary/aromatic N) is 1. The first-order chi connectivity index (χ1) is 7.82. The van der Waals surface area contributed by atoms with Crippen molar-refractivity contribution in [3.05, 3.63) is 29.8 Å². The minimum atomic E-state index is -4.83. The van der Waals surface area contributed by atoms with Crippen LogP contribution in [0.4, 0.5) is 17.6 Å². The number of hydrogen-bond donors (Lipinski definition) is 2. The molecule has 1 aromatic rings. The highest BCUT2D eigenvalue weighted by atomic mass is 19.4. The molecule has 0 bridgehead atoms. The maximum Gasteiger partial charge on any atom is 0.416 e. The van der Waals surface area contributed by atoms with Gasteiger partial charge in [0.2, 0.25) is 0 Å². The van der Waals surface area contributed by atoms with Gasteiger partial charge in [-0.1, -0.05) is 0 Å². The zero-order valence-electron chi connectivity index (χ0n) is 8.33. The molecule has 0 aliphatic carbocycles. The van der Waals surface area contributed by atoms with E-state index in [2.05, 4.69) is 4.98 Å². The number of nitrogens with one attached hydrogen (secondary N) is 1. The first-order valence-corrected chi connectivity index (χ1v) is 4.45. The number of carbonyl (C=O) groups is 1. The first kappa shape index (κ1) is 13.4. The molecule has 8 heteroatoms. The molecule has 0 aromatic carbocycles. The lowest BCUT2D eigenvalue weighted by Gasteiger charge is -2.14. The Balaban J connectivity index is 2.60. The van der Waals surface area contributed by atoms with Crippen LogP contribution in [0, 0.1) is 5.82 Å². The van der Waals surface area contributed by atoms with Gasteiger partial charge in [0.1, 0.15) is 0 Å². The Morgan fingerprint density at radius 1 is 1.53 bits per heavy atom. The fourth-order valence-corrected chi connectivity index (χ4v) is 0.960. The number of aliphatic hydroxyl groups excluding tert-OH is 1. The smallest absolute Gasteiger partial charge is 0.382 e. The topological polar surface area (TPSA) is 62.2 Å². The summed E-state index contributed by atoms with van der Waals surface area (Å²) in [6, 6.07) is 1.02. The van der Waals surface area contributed by atoms with E-state index in [0.717, 1.165) is 18.5 Å². The van der Waals surface area contributed by atoms with Gasteiger partial charge in [-0.25, -0.2) is 4.39 Å². The van der Waals surface area contributed by atoms with Crippen molar-refractivity contribution < 1.29 is 27.5 Å². The van der Waals surface area contributed by atoms with Gasteiger partial charge in [0.15, 0.2) is 11.9 Å². The molecule has 0 saturated carbocycles. The fraction of sp³-hybridized carbons (Fsp3) is 0.333. The quantitative estimate of drug-likeness (QED) is 0.785.